The van der Waals surface area contributed by atoms with Crippen molar-refractivity contribution in [2.45, 2.75) is 78.7 Å². The van der Waals surface area contributed by atoms with Gasteiger partial charge in [-0.3, -0.25) is 0 Å². The average Bonchev–Trinajstić information content (AvgIpc) is 2.29. The lowest BCUT2D eigenvalue weighted by molar-refractivity contribution is 0.0986. The van der Waals surface area contributed by atoms with Crippen LogP contribution < -0.4 is 5.32 Å². The molecule has 0 amide bonds. The van der Waals surface area contributed by atoms with Crippen molar-refractivity contribution < 1.29 is 4.74 Å². The third kappa shape index (κ3) is 14.0. The lowest BCUT2D eigenvalue weighted by atomic mass is 10.1. The summed E-state index contributed by atoms with van der Waals surface area (Å²) < 4.78 is 5.73. The first-order valence-corrected chi connectivity index (χ1v) is 7.78. The Morgan fingerprint density at radius 2 is 1.61 bits per heavy atom. The summed E-state index contributed by atoms with van der Waals surface area (Å²) in [5.41, 5.74) is 0.216. The Labute approximate surface area is 115 Å². The zero-order chi connectivity index (χ0) is 13.9. The molecule has 0 radical (unpaired) electrons. The van der Waals surface area contributed by atoms with Gasteiger partial charge in [0.15, 0.2) is 0 Å². The van der Waals surface area contributed by atoms with Gasteiger partial charge in [0, 0.05) is 18.7 Å². The normalized spacial score (nSPS) is 13.8. The van der Waals surface area contributed by atoms with Gasteiger partial charge in [-0.15, -0.1) is 0 Å². The van der Waals surface area contributed by atoms with E-state index in [2.05, 4.69) is 39.9 Å². The van der Waals surface area contributed by atoms with Crippen LogP contribution in [0.1, 0.15) is 73.1 Å². The van der Waals surface area contributed by atoms with Crippen LogP contribution in [0.3, 0.4) is 0 Å². The first-order valence-electron chi connectivity index (χ1n) is 7.78. The highest BCUT2D eigenvalue weighted by molar-refractivity contribution is 4.71. The van der Waals surface area contributed by atoms with Crippen LogP contribution in [0, 0.1) is 5.92 Å². The van der Waals surface area contributed by atoms with E-state index >= 15 is 0 Å². The summed E-state index contributed by atoms with van der Waals surface area (Å²) in [6, 6.07) is 0. The molecule has 1 N–H and O–H groups in total. The van der Waals surface area contributed by atoms with E-state index in [4.69, 9.17) is 4.74 Å². The highest BCUT2D eigenvalue weighted by atomic mass is 16.5. The van der Waals surface area contributed by atoms with Gasteiger partial charge in [0.25, 0.3) is 0 Å². The predicted octanol–water partition coefficient (Wildman–Crippen LogP) is 4.39. The van der Waals surface area contributed by atoms with Gasteiger partial charge in [0.2, 0.25) is 0 Å². The number of rotatable bonds is 11. The van der Waals surface area contributed by atoms with E-state index in [-0.39, 0.29) is 5.54 Å². The summed E-state index contributed by atoms with van der Waals surface area (Å²) in [5, 5.41) is 3.52. The third-order valence-corrected chi connectivity index (χ3v) is 3.03. The molecule has 110 valence electrons. The molecular formula is C16H35NO. The molecule has 0 spiro atoms. The number of unbranched alkanes of at least 4 members (excludes halogenated alkanes) is 5. The molecule has 1 unspecified atom stereocenters. The molecule has 0 aromatic carbocycles. The minimum atomic E-state index is 0.216. The standard InChI is InChI=1S/C16H35NO/c1-6-7-8-9-10-11-12-18-14-15(2)13-17-16(3,4)5/h15,17H,6-14H2,1-5H3. The van der Waals surface area contributed by atoms with Crippen LogP contribution in [0.2, 0.25) is 0 Å². The molecule has 0 aliphatic carbocycles. The van der Waals surface area contributed by atoms with Crippen LogP contribution in [-0.2, 0) is 4.74 Å². The van der Waals surface area contributed by atoms with Crippen LogP contribution in [0.15, 0.2) is 0 Å². The minimum Gasteiger partial charge on any atom is -0.381 e. The Hall–Kier alpha value is -0.0800. The predicted molar refractivity (Wildman–Crippen MR) is 81.1 cm³/mol. The molecule has 0 saturated carbocycles. The van der Waals surface area contributed by atoms with Crippen molar-refractivity contribution in [1.82, 2.24) is 5.32 Å². The maximum atomic E-state index is 5.73. The smallest absolute Gasteiger partial charge is 0.0503 e. The van der Waals surface area contributed by atoms with Gasteiger partial charge in [-0.1, -0.05) is 46.0 Å². The van der Waals surface area contributed by atoms with Crippen molar-refractivity contribution in [2.75, 3.05) is 19.8 Å². The van der Waals surface area contributed by atoms with E-state index in [1.807, 2.05) is 0 Å². The second kappa shape index (κ2) is 10.8. The quantitative estimate of drug-likeness (QED) is 0.554. The molecule has 1 atom stereocenters. The largest absolute Gasteiger partial charge is 0.381 e. The van der Waals surface area contributed by atoms with E-state index in [1.54, 1.807) is 0 Å². The van der Waals surface area contributed by atoms with Gasteiger partial charge >= 0.3 is 0 Å². The molecule has 2 heteroatoms. The second-order valence-corrected chi connectivity index (χ2v) is 6.58. The number of hydrogen-bond acceptors (Lipinski definition) is 2. The Bertz CT molecular complexity index is 174. The van der Waals surface area contributed by atoms with E-state index < -0.39 is 0 Å². The van der Waals surface area contributed by atoms with Gasteiger partial charge in [0.1, 0.15) is 0 Å². The van der Waals surface area contributed by atoms with E-state index in [1.165, 1.54) is 38.5 Å². The molecule has 18 heavy (non-hydrogen) atoms. The molecule has 0 fully saturated rings. The summed E-state index contributed by atoms with van der Waals surface area (Å²) in [4.78, 5) is 0. The van der Waals surface area contributed by atoms with Gasteiger partial charge in [-0.2, -0.15) is 0 Å². The fourth-order valence-electron chi connectivity index (χ4n) is 1.81. The number of ether oxygens (including phenoxy) is 1. The number of nitrogens with one attached hydrogen (secondary N) is 1. The van der Waals surface area contributed by atoms with Crippen molar-refractivity contribution >= 4 is 0 Å². The SMILES string of the molecule is CCCCCCCCOCC(C)CNC(C)(C)C. The van der Waals surface area contributed by atoms with Crippen LogP contribution in [0.5, 0.6) is 0 Å². The first-order chi connectivity index (χ1) is 8.45. The molecule has 0 aliphatic rings. The molecule has 2 nitrogen and oxygen atoms in total. The zero-order valence-electron chi connectivity index (χ0n) is 13.3. The van der Waals surface area contributed by atoms with E-state index in [0.717, 1.165) is 19.8 Å². The van der Waals surface area contributed by atoms with Crippen molar-refractivity contribution in [3.63, 3.8) is 0 Å². The number of hydrogen-bond donors (Lipinski definition) is 1. The monoisotopic (exact) mass is 257 g/mol. The highest BCUT2D eigenvalue weighted by Gasteiger charge is 2.10. The Morgan fingerprint density at radius 3 is 2.22 bits per heavy atom. The maximum Gasteiger partial charge on any atom is 0.0503 e. The van der Waals surface area contributed by atoms with Crippen LogP contribution in [-0.4, -0.2) is 25.3 Å². The molecule has 0 bridgehead atoms. The fraction of sp³-hybridized carbons (Fsp3) is 1.00. The van der Waals surface area contributed by atoms with Crippen molar-refractivity contribution in [1.29, 1.82) is 0 Å². The molecule has 0 rings (SSSR count). The van der Waals surface area contributed by atoms with Crippen LogP contribution >= 0.6 is 0 Å². The van der Waals surface area contributed by atoms with Crippen molar-refractivity contribution in [2.24, 2.45) is 5.92 Å². The first kappa shape index (κ1) is 17.9. The molecular weight excluding hydrogens is 222 g/mol. The lowest BCUT2D eigenvalue weighted by Crippen LogP contribution is -2.39. The summed E-state index contributed by atoms with van der Waals surface area (Å²) >= 11 is 0. The van der Waals surface area contributed by atoms with Crippen molar-refractivity contribution in [3.05, 3.63) is 0 Å². The third-order valence-electron chi connectivity index (χ3n) is 3.03. The van der Waals surface area contributed by atoms with E-state index in [0.29, 0.717) is 5.92 Å². The average molecular weight is 257 g/mol. The molecule has 0 aromatic heterocycles. The molecule has 0 saturated heterocycles. The van der Waals surface area contributed by atoms with E-state index in [9.17, 15) is 0 Å². The van der Waals surface area contributed by atoms with Crippen molar-refractivity contribution in [3.8, 4) is 0 Å². The maximum absolute atomic E-state index is 5.73. The zero-order valence-corrected chi connectivity index (χ0v) is 13.3. The fourth-order valence-corrected chi connectivity index (χ4v) is 1.81. The second-order valence-electron chi connectivity index (χ2n) is 6.58. The molecule has 0 aliphatic heterocycles. The topological polar surface area (TPSA) is 21.3 Å². The summed E-state index contributed by atoms with van der Waals surface area (Å²) in [7, 11) is 0. The summed E-state index contributed by atoms with van der Waals surface area (Å²) in [6.45, 7) is 14.0. The van der Waals surface area contributed by atoms with Gasteiger partial charge in [0.05, 0.1) is 6.61 Å². The van der Waals surface area contributed by atoms with Gasteiger partial charge in [-0.25, -0.2) is 0 Å². The van der Waals surface area contributed by atoms with Crippen LogP contribution in [0.25, 0.3) is 0 Å². The minimum absolute atomic E-state index is 0.216. The lowest BCUT2D eigenvalue weighted by Gasteiger charge is -2.23. The summed E-state index contributed by atoms with van der Waals surface area (Å²) in [6.07, 6.45) is 8.03. The van der Waals surface area contributed by atoms with Gasteiger partial charge in [-0.05, 0) is 33.1 Å². The molecule has 0 aromatic rings. The van der Waals surface area contributed by atoms with Crippen LogP contribution in [0.4, 0.5) is 0 Å². The Balaban J connectivity index is 3.23. The Kier molecular flexibility index (Phi) is 10.8. The molecule has 0 heterocycles. The van der Waals surface area contributed by atoms with Gasteiger partial charge < -0.3 is 10.1 Å². The summed E-state index contributed by atoms with van der Waals surface area (Å²) in [5.74, 6) is 0.601. The highest BCUT2D eigenvalue weighted by Crippen LogP contribution is 2.06. The Morgan fingerprint density at radius 1 is 1.00 bits per heavy atom.